The van der Waals surface area contributed by atoms with Crippen LogP contribution in [-0.4, -0.2) is 76.2 Å². The maximum atomic E-state index is 12.5. The molecule has 9 nitrogen and oxygen atoms in total. The summed E-state index contributed by atoms with van der Waals surface area (Å²) in [7, 11) is 12.2. The Morgan fingerprint density at radius 3 is 1.34 bits per heavy atom. The molecule has 2 atom stereocenters. The second-order valence-electron chi connectivity index (χ2n) is 18.1. The molecule has 0 aliphatic heterocycles. The number of aryl methyl sites for hydroxylation is 2. The number of rotatable bonds is 24. The number of carbonyl (C=O) groups is 2. The Morgan fingerprint density at radius 2 is 0.956 bits per heavy atom. The maximum Gasteiger partial charge on any atom is 0.244 e. The number of carbonyl (C=O) groups excluding carboxylic acids is 2. The maximum absolute atomic E-state index is 12.5. The Morgan fingerprint density at radius 1 is 0.544 bits per heavy atom. The van der Waals surface area contributed by atoms with Crippen molar-refractivity contribution in [2.45, 2.75) is 97.1 Å². The molecule has 0 aliphatic rings. The first-order chi connectivity index (χ1) is 32.8. The van der Waals surface area contributed by atoms with E-state index in [4.69, 9.17) is 0 Å². The van der Waals surface area contributed by atoms with E-state index in [-0.39, 0.29) is 23.9 Å². The van der Waals surface area contributed by atoms with Gasteiger partial charge in [-0.3, -0.25) is 19.6 Å². The quantitative estimate of drug-likeness (QED) is 0.0362. The summed E-state index contributed by atoms with van der Waals surface area (Å²) >= 11 is 0. The number of hydrogen-bond acceptors (Lipinski definition) is 7. The standard InChI is InChI=1S/C31H38N4O.C28H39N3O/c1-24(9-6-10-25-11-8-22-32-23-25)33-31(36)13-7-12-30(26-14-18-28(19-15-26)34(2)3)27-16-20-29(21-17-27)35(4)5;1-5-6-7-14-25(26-17-19-27(20-18-26)31(3)4)15-9-16-28(32)30-23(2)11-8-12-24-13-10-21-29-22-24/h7-8,11-24H,6,9-10H2,1-5H3,(H,33,36);9-10,13,15-23H,5-8,11-12,14H2,1-4H3,(H,30,32)/b13-7+;16-9+,25-15+/t24-;23-/m11/s1. The molecule has 9 heteroatoms. The molecule has 2 heterocycles. The zero-order valence-electron chi connectivity index (χ0n) is 42.3. The lowest BCUT2D eigenvalue weighted by molar-refractivity contribution is -0.117. The van der Waals surface area contributed by atoms with Gasteiger partial charge in [-0.15, -0.1) is 0 Å². The second kappa shape index (κ2) is 29.8. The van der Waals surface area contributed by atoms with Crippen LogP contribution in [0.25, 0.3) is 11.1 Å². The van der Waals surface area contributed by atoms with Gasteiger partial charge in [0.05, 0.1) is 0 Å². The van der Waals surface area contributed by atoms with Crippen molar-refractivity contribution in [2.75, 3.05) is 57.0 Å². The van der Waals surface area contributed by atoms with Crippen LogP contribution in [0.3, 0.4) is 0 Å². The lowest BCUT2D eigenvalue weighted by Crippen LogP contribution is -2.31. The molecule has 0 spiro atoms. The van der Waals surface area contributed by atoms with Crippen LogP contribution in [0, 0.1) is 0 Å². The third-order valence-corrected chi connectivity index (χ3v) is 11.7. The summed E-state index contributed by atoms with van der Waals surface area (Å²) in [5.74, 6) is -0.114. The fraction of sp³-hybridized carbons (Fsp3) is 0.356. The van der Waals surface area contributed by atoms with Gasteiger partial charge in [0, 0.05) is 108 Å². The van der Waals surface area contributed by atoms with Crippen molar-refractivity contribution >= 4 is 40.0 Å². The average Bonchev–Trinajstić information content (AvgIpc) is 3.33. The number of allylic oxidation sites excluding steroid dienone is 5. The van der Waals surface area contributed by atoms with Gasteiger partial charge in [-0.1, -0.05) is 92.6 Å². The molecule has 2 amide bonds. The van der Waals surface area contributed by atoms with Crippen LogP contribution in [0.15, 0.2) is 158 Å². The Labute approximate surface area is 408 Å². The molecule has 2 aromatic heterocycles. The SMILES string of the molecule is CCCCC/C(=C\C=C\C(=O)N[C@H](C)CCCc1cccnc1)c1ccc(N(C)C)cc1.C[C@H](CCCc1cccnc1)NC(=O)/C=C/C=C(c1ccc(N(C)C)cc1)c1ccc(N(C)C)cc1. The molecule has 0 saturated carbocycles. The monoisotopic (exact) mass is 916 g/mol. The first-order valence-corrected chi connectivity index (χ1v) is 24.3. The van der Waals surface area contributed by atoms with Gasteiger partial charge in [0.2, 0.25) is 11.8 Å². The number of aromatic nitrogens is 2. The molecule has 5 aromatic rings. The fourth-order valence-electron chi connectivity index (χ4n) is 7.63. The molecule has 68 heavy (non-hydrogen) atoms. The zero-order valence-corrected chi connectivity index (χ0v) is 42.3. The molecule has 5 rings (SSSR count). The number of amides is 2. The minimum Gasteiger partial charge on any atom is -0.378 e. The van der Waals surface area contributed by atoms with Gasteiger partial charge >= 0.3 is 0 Å². The van der Waals surface area contributed by atoms with Crippen molar-refractivity contribution in [2.24, 2.45) is 0 Å². The highest BCUT2D eigenvalue weighted by Crippen LogP contribution is 2.28. The Bertz CT molecular complexity index is 2280. The van der Waals surface area contributed by atoms with E-state index in [9.17, 15) is 9.59 Å². The zero-order chi connectivity index (χ0) is 49.1. The summed E-state index contributed by atoms with van der Waals surface area (Å²) in [6, 6.07) is 33.9. The van der Waals surface area contributed by atoms with Crippen molar-refractivity contribution in [3.8, 4) is 0 Å². The topological polar surface area (TPSA) is 93.7 Å². The molecule has 3 aromatic carbocycles. The predicted octanol–water partition coefficient (Wildman–Crippen LogP) is 11.9. The Balaban J connectivity index is 0.000000299. The van der Waals surface area contributed by atoms with E-state index in [1.165, 1.54) is 40.8 Å². The molecular weight excluding hydrogens is 839 g/mol. The molecule has 2 N–H and O–H groups in total. The highest BCUT2D eigenvalue weighted by molar-refractivity contribution is 5.89. The van der Waals surface area contributed by atoms with Crippen molar-refractivity contribution in [1.82, 2.24) is 20.6 Å². The largest absolute Gasteiger partial charge is 0.378 e. The Kier molecular flexibility index (Phi) is 23.6. The van der Waals surface area contributed by atoms with E-state index >= 15 is 0 Å². The van der Waals surface area contributed by atoms with Crippen LogP contribution in [0.5, 0.6) is 0 Å². The van der Waals surface area contributed by atoms with E-state index in [0.29, 0.717) is 0 Å². The first-order valence-electron chi connectivity index (χ1n) is 24.3. The van der Waals surface area contributed by atoms with Crippen LogP contribution in [0.2, 0.25) is 0 Å². The average molecular weight is 916 g/mol. The highest BCUT2D eigenvalue weighted by Gasteiger charge is 2.09. The van der Waals surface area contributed by atoms with Crippen molar-refractivity contribution in [3.63, 3.8) is 0 Å². The van der Waals surface area contributed by atoms with E-state index < -0.39 is 0 Å². The number of benzene rings is 3. The van der Waals surface area contributed by atoms with Gasteiger partial charge in [-0.25, -0.2) is 0 Å². The van der Waals surface area contributed by atoms with Crippen LogP contribution in [0.1, 0.15) is 100.0 Å². The first kappa shape index (κ1) is 53.9. The van der Waals surface area contributed by atoms with Gasteiger partial charge in [0.15, 0.2) is 0 Å². The fourth-order valence-corrected chi connectivity index (χ4v) is 7.63. The number of anilines is 3. The number of unbranched alkanes of at least 4 members (excludes halogenated alkanes) is 2. The van der Waals surface area contributed by atoms with E-state index in [1.54, 1.807) is 24.5 Å². The summed E-state index contributed by atoms with van der Waals surface area (Å²) in [6.07, 6.45) is 28.9. The molecule has 0 aliphatic carbocycles. The summed E-state index contributed by atoms with van der Waals surface area (Å²) in [5, 5.41) is 6.15. The molecule has 0 radical (unpaired) electrons. The van der Waals surface area contributed by atoms with Gasteiger partial charge in [-0.05, 0) is 153 Å². The van der Waals surface area contributed by atoms with E-state index in [0.717, 1.165) is 79.4 Å². The van der Waals surface area contributed by atoms with Gasteiger partial charge in [-0.2, -0.15) is 0 Å². The minimum absolute atomic E-state index is 0.0361. The van der Waals surface area contributed by atoms with Crippen LogP contribution in [0.4, 0.5) is 17.1 Å². The molecule has 0 unspecified atom stereocenters. The van der Waals surface area contributed by atoms with Crippen molar-refractivity contribution in [3.05, 3.63) is 186 Å². The number of nitrogens with zero attached hydrogens (tertiary/aromatic N) is 5. The molecule has 360 valence electrons. The summed E-state index contributed by atoms with van der Waals surface area (Å²) in [6.45, 7) is 6.33. The third-order valence-electron chi connectivity index (χ3n) is 11.7. The number of nitrogens with one attached hydrogen (secondary N) is 2. The van der Waals surface area contributed by atoms with Crippen molar-refractivity contribution in [1.29, 1.82) is 0 Å². The van der Waals surface area contributed by atoms with Gasteiger partial charge in [0.1, 0.15) is 0 Å². The molecule has 0 saturated heterocycles. The summed E-state index contributed by atoms with van der Waals surface area (Å²) in [5.41, 5.74) is 11.7. The number of pyridine rings is 2. The smallest absolute Gasteiger partial charge is 0.244 e. The van der Waals surface area contributed by atoms with Crippen molar-refractivity contribution < 1.29 is 9.59 Å². The third kappa shape index (κ3) is 20.0. The minimum atomic E-state index is -0.0783. The second-order valence-corrected chi connectivity index (χ2v) is 18.1. The summed E-state index contributed by atoms with van der Waals surface area (Å²) < 4.78 is 0. The predicted molar refractivity (Wildman–Crippen MR) is 289 cm³/mol. The Hall–Kier alpha value is -6.74. The van der Waals surface area contributed by atoms with Gasteiger partial charge in [0.25, 0.3) is 0 Å². The highest BCUT2D eigenvalue weighted by atomic mass is 16.2. The van der Waals surface area contributed by atoms with E-state index in [2.05, 4.69) is 147 Å². The lowest BCUT2D eigenvalue weighted by Gasteiger charge is -2.16. The normalized spacial score (nSPS) is 12.2. The van der Waals surface area contributed by atoms with Crippen LogP contribution < -0.4 is 25.3 Å². The number of hydrogen-bond donors (Lipinski definition) is 2. The van der Waals surface area contributed by atoms with E-state index in [1.807, 2.05) is 85.0 Å². The molecular formula is C59H77N7O2. The van der Waals surface area contributed by atoms with Crippen LogP contribution in [-0.2, 0) is 22.4 Å². The molecule has 0 bridgehead atoms. The lowest BCUT2D eigenvalue weighted by atomic mass is 9.96. The summed E-state index contributed by atoms with van der Waals surface area (Å²) in [4.78, 5) is 39.5. The van der Waals surface area contributed by atoms with Gasteiger partial charge < -0.3 is 25.3 Å². The van der Waals surface area contributed by atoms with Crippen LogP contribution >= 0.6 is 0 Å². The molecule has 0 fully saturated rings.